The molecule has 0 fully saturated rings. The van der Waals surface area contributed by atoms with Crippen molar-refractivity contribution in [2.24, 2.45) is 0 Å². The number of nitrogens with one attached hydrogen (secondary N) is 2. The summed E-state index contributed by atoms with van der Waals surface area (Å²) < 4.78 is 0. The average molecular weight is 260 g/mol. The lowest BCUT2D eigenvalue weighted by molar-refractivity contribution is -0.139. The Morgan fingerprint density at radius 2 is 1.06 bits per heavy atom. The minimum atomic E-state index is -0.610. The van der Waals surface area contributed by atoms with Crippen LogP contribution in [0.4, 0.5) is 0 Å². The lowest BCUT2D eigenvalue weighted by Crippen LogP contribution is -2.40. The first-order valence-corrected chi connectivity index (χ1v) is 6.50. The number of hydrogen-bond donors (Lipinski definition) is 4. The molecule has 6 heteroatoms. The molecule has 2 amide bonds. The number of aliphatic hydroxyl groups is 2. The Morgan fingerprint density at radius 3 is 1.39 bits per heavy atom. The van der Waals surface area contributed by atoms with Crippen molar-refractivity contribution in [3.63, 3.8) is 0 Å². The summed E-state index contributed by atoms with van der Waals surface area (Å²) in [4.78, 5) is 22.6. The van der Waals surface area contributed by atoms with E-state index in [9.17, 15) is 9.59 Å². The van der Waals surface area contributed by atoms with E-state index in [1.54, 1.807) is 0 Å². The van der Waals surface area contributed by atoms with Crippen molar-refractivity contribution in [2.45, 2.75) is 38.5 Å². The number of aliphatic hydroxyl groups excluding tert-OH is 2. The number of amides is 2. The van der Waals surface area contributed by atoms with Gasteiger partial charge in [-0.25, -0.2) is 0 Å². The zero-order chi connectivity index (χ0) is 13.6. The van der Waals surface area contributed by atoms with Crippen molar-refractivity contribution in [3.05, 3.63) is 0 Å². The van der Waals surface area contributed by atoms with Gasteiger partial charge in [-0.05, 0) is 38.5 Å². The second-order valence-electron chi connectivity index (χ2n) is 4.08. The lowest BCUT2D eigenvalue weighted by Gasteiger charge is -2.06. The second kappa shape index (κ2) is 12.3. The number of carbonyl (C=O) groups is 2. The van der Waals surface area contributed by atoms with Crippen LogP contribution >= 0.6 is 0 Å². The van der Waals surface area contributed by atoms with Crippen LogP contribution in [0.5, 0.6) is 0 Å². The zero-order valence-corrected chi connectivity index (χ0v) is 10.8. The van der Waals surface area contributed by atoms with Gasteiger partial charge in [0, 0.05) is 26.3 Å². The van der Waals surface area contributed by atoms with Crippen molar-refractivity contribution in [3.8, 4) is 0 Å². The van der Waals surface area contributed by atoms with Crippen molar-refractivity contribution >= 4 is 11.8 Å². The number of unbranched alkanes of at least 4 members (excludes halogenated alkanes) is 4. The molecule has 0 saturated carbocycles. The minimum Gasteiger partial charge on any atom is -0.396 e. The third-order valence-electron chi connectivity index (χ3n) is 2.45. The maximum Gasteiger partial charge on any atom is 0.309 e. The molecule has 0 aromatic heterocycles. The van der Waals surface area contributed by atoms with E-state index in [-0.39, 0.29) is 13.2 Å². The Balaban J connectivity index is 3.43. The fourth-order valence-corrected chi connectivity index (χ4v) is 1.39. The smallest absolute Gasteiger partial charge is 0.309 e. The molecule has 0 bridgehead atoms. The van der Waals surface area contributed by atoms with Crippen molar-refractivity contribution in [1.29, 1.82) is 0 Å². The summed E-state index contributed by atoms with van der Waals surface area (Å²) in [6, 6.07) is 0. The van der Waals surface area contributed by atoms with E-state index in [0.29, 0.717) is 25.9 Å². The molecular weight excluding hydrogens is 236 g/mol. The van der Waals surface area contributed by atoms with Gasteiger partial charge < -0.3 is 20.8 Å². The highest BCUT2D eigenvalue weighted by Crippen LogP contribution is 1.93. The predicted molar refractivity (Wildman–Crippen MR) is 67.9 cm³/mol. The van der Waals surface area contributed by atoms with Crippen LogP contribution in [0.25, 0.3) is 0 Å². The van der Waals surface area contributed by atoms with E-state index >= 15 is 0 Å². The number of carbonyl (C=O) groups excluding carboxylic acids is 2. The fourth-order valence-electron chi connectivity index (χ4n) is 1.39. The molecule has 4 N–H and O–H groups in total. The number of rotatable bonds is 10. The molecule has 0 aromatic carbocycles. The zero-order valence-electron chi connectivity index (χ0n) is 10.8. The maximum atomic E-state index is 11.3. The van der Waals surface area contributed by atoms with Crippen molar-refractivity contribution < 1.29 is 19.8 Å². The molecule has 0 saturated heterocycles. The Bertz CT molecular complexity index is 210. The molecule has 0 rings (SSSR count). The van der Waals surface area contributed by atoms with Gasteiger partial charge in [0.1, 0.15) is 0 Å². The molecule has 0 radical (unpaired) electrons. The molecule has 0 spiro atoms. The van der Waals surface area contributed by atoms with Crippen LogP contribution in [-0.2, 0) is 9.59 Å². The second-order valence-corrected chi connectivity index (χ2v) is 4.08. The van der Waals surface area contributed by atoms with Gasteiger partial charge >= 0.3 is 11.8 Å². The summed E-state index contributed by atoms with van der Waals surface area (Å²) >= 11 is 0. The first-order valence-electron chi connectivity index (χ1n) is 6.50. The third-order valence-corrected chi connectivity index (χ3v) is 2.45. The minimum absolute atomic E-state index is 0.155. The van der Waals surface area contributed by atoms with Gasteiger partial charge in [-0.2, -0.15) is 0 Å². The SMILES string of the molecule is O=C(NCCCCCO)C(=O)NCCCCCO. The Hall–Kier alpha value is -1.14. The van der Waals surface area contributed by atoms with E-state index < -0.39 is 11.8 Å². The Morgan fingerprint density at radius 1 is 0.667 bits per heavy atom. The van der Waals surface area contributed by atoms with Gasteiger partial charge in [0.25, 0.3) is 0 Å². The van der Waals surface area contributed by atoms with Crippen LogP contribution < -0.4 is 10.6 Å². The highest BCUT2D eigenvalue weighted by atomic mass is 16.3. The lowest BCUT2D eigenvalue weighted by atomic mass is 10.2. The third kappa shape index (κ3) is 10.0. The Kier molecular flexibility index (Phi) is 11.5. The van der Waals surface area contributed by atoms with Crippen LogP contribution in [0.3, 0.4) is 0 Å². The summed E-state index contributed by atoms with van der Waals surface area (Å²) in [6.45, 7) is 1.22. The first-order chi connectivity index (χ1) is 8.72. The van der Waals surface area contributed by atoms with Gasteiger partial charge in [-0.3, -0.25) is 9.59 Å². The highest BCUT2D eigenvalue weighted by molar-refractivity contribution is 6.35. The van der Waals surface area contributed by atoms with E-state index in [4.69, 9.17) is 10.2 Å². The summed E-state index contributed by atoms with van der Waals surface area (Å²) in [5, 5.41) is 22.2. The highest BCUT2D eigenvalue weighted by Gasteiger charge is 2.11. The number of hydrogen-bond acceptors (Lipinski definition) is 4. The van der Waals surface area contributed by atoms with Gasteiger partial charge in [0.15, 0.2) is 0 Å². The maximum absolute atomic E-state index is 11.3. The molecule has 18 heavy (non-hydrogen) atoms. The topological polar surface area (TPSA) is 98.7 Å². The van der Waals surface area contributed by atoms with Crippen LogP contribution in [-0.4, -0.2) is 48.3 Å². The van der Waals surface area contributed by atoms with E-state index in [2.05, 4.69) is 10.6 Å². The molecule has 0 aliphatic rings. The summed E-state index contributed by atoms with van der Waals surface area (Å²) in [5.41, 5.74) is 0. The summed E-state index contributed by atoms with van der Waals surface area (Å²) in [5.74, 6) is -1.22. The van der Waals surface area contributed by atoms with Gasteiger partial charge in [0.2, 0.25) is 0 Å². The van der Waals surface area contributed by atoms with Crippen LogP contribution in [0, 0.1) is 0 Å². The molecular formula is C12H24N2O4. The fraction of sp³-hybridized carbons (Fsp3) is 0.833. The summed E-state index contributed by atoms with van der Waals surface area (Å²) in [7, 11) is 0. The molecule has 0 aromatic rings. The standard InChI is InChI=1S/C12H24N2O4/c15-9-5-1-3-7-13-11(17)12(18)14-8-4-2-6-10-16/h15-16H,1-10H2,(H,13,17)(H,14,18). The van der Waals surface area contributed by atoms with E-state index in [1.165, 1.54) is 0 Å². The van der Waals surface area contributed by atoms with Gasteiger partial charge in [-0.15, -0.1) is 0 Å². The quantitative estimate of drug-likeness (QED) is 0.316. The van der Waals surface area contributed by atoms with Gasteiger partial charge in [0.05, 0.1) is 0 Å². The van der Waals surface area contributed by atoms with Crippen molar-refractivity contribution in [1.82, 2.24) is 10.6 Å². The monoisotopic (exact) mass is 260 g/mol. The summed E-state index contributed by atoms with van der Waals surface area (Å²) in [6.07, 6.45) is 4.62. The molecule has 6 nitrogen and oxygen atoms in total. The molecule has 0 unspecified atom stereocenters. The molecule has 0 aliphatic carbocycles. The molecule has 0 aliphatic heterocycles. The van der Waals surface area contributed by atoms with E-state index in [1.807, 2.05) is 0 Å². The van der Waals surface area contributed by atoms with Crippen LogP contribution in [0.2, 0.25) is 0 Å². The largest absolute Gasteiger partial charge is 0.396 e. The van der Waals surface area contributed by atoms with Gasteiger partial charge in [-0.1, -0.05) is 0 Å². The molecule has 0 atom stereocenters. The van der Waals surface area contributed by atoms with Crippen LogP contribution in [0.15, 0.2) is 0 Å². The first kappa shape index (κ1) is 16.9. The molecule has 106 valence electrons. The normalized spacial score (nSPS) is 10.1. The predicted octanol–water partition coefficient (Wildman–Crippen LogP) is -0.456. The molecule has 0 heterocycles. The Labute approximate surface area is 108 Å². The van der Waals surface area contributed by atoms with E-state index in [0.717, 1.165) is 25.7 Å². The van der Waals surface area contributed by atoms with Crippen LogP contribution in [0.1, 0.15) is 38.5 Å². The van der Waals surface area contributed by atoms with Crippen molar-refractivity contribution in [2.75, 3.05) is 26.3 Å². The average Bonchev–Trinajstić information content (AvgIpc) is 2.37.